The first-order chi connectivity index (χ1) is 9.20. The quantitative estimate of drug-likeness (QED) is 0.374. The summed E-state index contributed by atoms with van der Waals surface area (Å²) < 4.78 is 4.63. The maximum Gasteiger partial charge on any atom is 0.305 e. The van der Waals surface area contributed by atoms with Crippen LogP contribution in [0.1, 0.15) is 71.1 Å². The van der Waals surface area contributed by atoms with Crippen LogP contribution < -0.4 is 0 Å². The molecule has 0 bridgehead atoms. The average molecular weight is 271 g/mol. The van der Waals surface area contributed by atoms with Crippen molar-refractivity contribution in [2.24, 2.45) is 0 Å². The van der Waals surface area contributed by atoms with E-state index in [0.29, 0.717) is 6.42 Å². The minimum absolute atomic E-state index is 0.0968. The van der Waals surface area contributed by atoms with Gasteiger partial charge in [-0.2, -0.15) is 0 Å². The van der Waals surface area contributed by atoms with Gasteiger partial charge in [0.2, 0.25) is 0 Å². The van der Waals surface area contributed by atoms with E-state index < -0.39 is 0 Å². The molecule has 0 amide bonds. The molecule has 0 radical (unpaired) electrons. The van der Waals surface area contributed by atoms with Crippen LogP contribution >= 0.6 is 0 Å². The van der Waals surface area contributed by atoms with Gasteiger partial charge in [-0.25, -0.2) is 0 Å². The van der Waals surface area contributed by atoms with Gasteiger partial charge in [-0.05, 0) is 33.0 Å². The van der Waals surface area contributed by atoms with Crippen LogP contribution in [-0.4, -0.2) is 38.1 Å². The first kappa shape index (κ1) is 18.4. The molecule has 0 spiro atoms. The van der Waals surface area contributed by atoms with Crippen molar-refractivity contribution in [2.75, 3.05) is 27.2 Å². The number of methoxy groups -OCH3 is 1. The number of hydrogen-bond donors (Lipinski definition) is 0. The van der Waals surface area contributed by atoms with Gasteiger partial charge in [0.25, 0.3) is 0 Å². The van der Waals surface area contributed by atoms with Crippen LogP contribution in [0.4, 0.5) is 0 Å². The van der Waals surface area contributed by atoms with Crippen molar-refractivity contribution in [1.82, 2.24) is 4.90 Å². The first-order valence-electron chi connectivity index (χ1n) is 7.96. The van der Waals surface area contributed by atoms with E-state index in [0.717, 1.165) is 19.5 Å². The predicted octanol–water partition coefficient (Wildman–Crippen LogP) is 4.01. The lowest BCUT2D eigenvalue weighted by Crippen LogP contribution is -2.21. The summed E-state index contributed by atoms with van der Waals surface area (Å²) in [6.45, 7) is 4.40. The molecule has 0 aromatic carbocycles. The van der Waals surface area contributed by atoms with E-state index in [1.54, 1.807) is 0 Å². The highest BCUT2D eigenvalue weighted by Crippen LogP contribution is 2.08. The lowest BCUT2D eigenvalue weighted by Gasteiger charge is -2.15. The number of nitrogens with zero attached hydrogens (tertiary/aromatic N) is 1. The molecule has 114 valence electrons. The van der Waals surface area contributed by atoms with E-state index in [2.05, 4.69) is 23.6 Å². The molecule has 0 atom stereocenters. The monoisotopic (exact) mass is 271 g/mol. The van der Waals surface area contributed by atoms with Gasteiger partial charge in [0.15, 0.2) is 0 Å². The zero-order chi connectivity index (χ0) is 14.3. The van der Waals surface area contributed by atoms with Crippen molar-refractivity contribution in [2.45, 2.75) is 71.1 Å². The van der Waals surface area contributed by atoms with Gasteiger partial charge < -0.3 is 9.64 Å². The molecule has 3 heteroatoms. The summed E-state index contributed by atoms with van der Waals surface area (Å²) in [6.07, 6.45) is 12.4. The SMILES string of the molecule is CCCCCCCCCCN(C)CCCC(=O)OC. The Morgan fingerprint density at radius 1 is 0.895 bits per heavy atom. The highest BCUT2D eigenvalue weighted by Gasteiger charge is 2.02. The molecule has 0 aromatic heterocycles. The Balaban J connectivity index is 3.20. The maximum absolute atomic E-state index is 11.0. The summed E-state index contributed by atoms with van der Waals surface area (Å²) in [5.41, 5.74) is 0. The van der Waals surface area contributed by atoms with Gasteiger partial charge in [0.1, 0.15) is 0 Å². The Labute approximate surface area is 119 Å². The minimum atomic E-state index is -0.0968. The molecule has 0 heterocycles. The molecular formula is C16H33NO2. The van der Waals surface area contributed by atoms with Crippen LogP contribution in [0.25, 0.3) is 0 Å². The molecule has 0 unspecified atom stereocenters. The normalized spacial score (nSPS) is 10.9. The van der Waals surface area contributed by atoms with Crippen LogP contribution in [0.3, 0.4) is 0 Å². The van der Waals surface area contributed by atoms with Crippen molar-refractivity contribution in [1.29, 1.82) is 0 Å². The zero-order valence-electron chi connectivity index (χ0n) is 13.2. The molecule has 0 aliphatic heterocycles. The van der Waals surface area contributed by atoms with E-state index in [4.69, 9.17) is 0 Å². The van der Waals surface area contributed by atoms with Gasteiger partial charge in [0.05, 0.1) is 7.11 Å². The summed E-state index contributed by atoms with van der Waals surface area (Å²) >= 11 is 0. The second-order valence-corrected chi connectivity index (χ2v) is 5.46. The molecule has 0 aromatic rings. The van der Waals surface area contributed by atoms with Crippen LogP contribution in [0.15, 0.2) is 0 Å². The maximum atomic E-state index is 11.0. The highest BCUT2D eigenvalue weighted by atomic mass is 16.5. The summed E-state index contributed by atoms with van der Waals surface area (Å²) in [5, 5.41) is 0. The van der Waals surface area contributed by atoms with E-state index >= 15 is 0 Å². The van der Waals surface area contributed by atoms with Gasteiger partial charge in [-0.1, -0.05) is 51.9 Å². The van der Waals surface area contributed by atoms with E-state index in [1.165, 1.54) is 58.5 Å². The number of esters is 1. The fraction of sp³-hybridized carbons (Fsp3) is 0.938. The third kappa shape index (κ3) is 13.7. The Kier molecular flexibility index (Phi) is 13.4. The molecule has 0 aliphatic carbocycles. The Morgan fingerprint density at radius 2 is 1.42 bits per heavy atom. The molecule has 0 aliphatic rings. The first-order valence-corrected chi connectivity index (χ1v) is 7.96. The smallest absolute Gasteiger partial charge is 0.305 e. The summed E-state index contributed by atoms with van der Waals surface area (Å²) in [5.74, 6) is -0.0968. The summed E-state index contributed by atoms with van der Waals surface area (Å²) in [4.78, 5) is 13.3. The van der Waals surface area contributed by atoms with Crippen molar-refractivity contribution in [3.05, 3.63) is 0 Å². The molecule has 0 saturated heterocycles. The van der Waals surface area contributed by atoms with Crippen molar-refractivity contribution in [3.63, 3.8) is 0 Å². The molecule has 0 N–H and O–H groups in total. The van der Waals surface area contributed by atoms with Crippen LogP contribution in [0.2, 0.25) is 0 Å². The Bertz CT molecular complexity index is 207. The predicted molar refractivity (Wildman–Crippen MR) is 81.4 cm³/mol. The van der Waals surface area contributed by atoms with Crippen molar-refractivity contribution < 1.29 is 9.53 Å². The summed E-state index contributed by atoms with van der Waals surface area (Å²) in [6, 6.07) is 0. The standard InChI is InChI=1S/C16H33NO2/c1-4-5-6-7-8-9-10-11-14-17(2)15-12-13-16(18)19-3/h4-15H2,1-3H3. The second kappa shape index (κ2) is 13.9. The Morgan fingerprint density at radius 3 is 2.00 bits per heavy atom. The topological polar surface area (TPSA) is 29.5 Å². The number of carbonyl (C=O) groups excluding carboxylic acids is 1. The average Bonchev–Trinajstić information content (AvgIpc) is 2.41. The molecule has 0 rings (SSSR count). The van der Waals surface area contributed by atoms with E-state index in [-0.39, 0.29) is 5.97 Å². The number of hydrogen-bond acceptors (Lipinski definition) is 3. The van der Waals surface area contributed by atoms with Gasteiger partial charge >= 0.3 is 5.97 Å². The molecule has 19 heavy (non-hydrogen) atoms. The van der Waals surface area contributed by atoms with Crippen LogP contribution in [0.5, 0.6) is 0 Å². The second-order valence-electron chi connectivity index (χ2n) is 5.46. The number of carbonyl (C=O) groups is 1. The van der Waals surface area contributed by atoms with Crippen molar-refractivity contribution >= 4 is 5.97 Å². The highest BCUT2D eigenvalue weighted by molar-refractivity contribution is 5.69. The van der Waals surface area contributed by atoms with Gasteiger partial charge in [0, 0.05) is 6.42 Å². The van der Waals surface area contributed by atoms with Crippen LogP contribution in [-0.2, 0) is 9.53 Å². The van der Waals surface area contributed by atoms with E-state index in [9.17, 15) is 4.79 Å². The minimum Gasteiger partial charge on any atom is -0.469 e. The third-order valence-electron chi connectivity index (χ3n) is 3.54. The molecular weight excluding hydrogens is 238 g/mol. The molecule has 0 saturated carbocycles. The molecule has 3 nitrogen and oxygen atoms in total. The Hall–Kier alpha value is -0.570. The number of unbranched alkanes of at least 4 members (excludes halogenated alkanes) is 7. The largest absolute Gasteiger partial charge is 0.469 e. The van der Waals surface area contributed by atoms with Crippen LogP contribution in [0, 0.1) is 0 Å². The number of rotatable bonds is 13. The van der Waals surface area contributed by atoms with Gasteiger partial charge in [-0.3, -0.25) is 4.79 Å². The van der Waals surface area contributed by atoms with Crippen molar-refractivity contribution in [3.8, 4) is 0 Å². The summed E-state index contributed by atoms with van der Waals surface area (Å²) in [7, 11) is 3.59. The number of ether oxygens (including phenoxy) is 1. The fourth-order valence-electron chi connectivity index (χ4n) is 2.22. The lowest BCUT2D eigenvalue weighted by molar-refractivity contribution is -0.140. The zero-order valence-corrected chi connectivity index (χ0v) is 13.2. The molecule has 0 fully saturated rings. The lowest BCUT2D eigenvalue weighted by atomic mass is 10.1. The fourth-order valence-corrected chi connectivity index (χ4v) is 2.22. The van der Waals surface area contributed by atoms with Gasteiger partial charge in [-0.15, -0.1) is 0 Å². The third-order valence-corrected chi connectivity index (χ3v) is 3.54. The van der Waals surface area contributed by atoms with E-state index in [1.807, 2.05) is 0 Å².